The van der Waals surface area contributed by atoms with Gasteiger partial charge in [0.25, 0.3) is 5.91 Å². The SMILES string of the molecule is O=C(c1cc(C(F)(F)F)cc(C(F)(F)F)c1)N1CC2CCC(N3CCOCC3)CN2CC1Cc1ccccc1. The van der Waals surface area contributed by atoms with Crippen molar-refractivity contribution in [1.82, 2.24) is 14.7 Å². The van der Waals surface area contributed by atoms with Crippen LogP contribution in [0.5, 0.6) is 0 Å². The molecule has 3 fully saturated rings. The number of benzene rings is 2. The standard InChI is InChI=1S/C28H31F6N3O2/c29-27(30,31)21-13-20(14-22(15-21)28(32,33)34)26(38)37-18-24-7-6-23(35-8-10-39-11-9-35)16-36(24)17-25(37)12-19-4-2-1-3-5-19/h1-5,13-15,23-25H,6-12,16-18H2. The molecule has 3 saturated heterocycles. The number of ether oxygens (including phenoxy) is 1. The van der Waals surface area contributed by atoms with Crippen LogP contribution < -0.4 is 0 Å². The van der Waals surface area contributed by atoms with Gasteiger partial charge in [-0.05, 0) is 43.0 Å². The van der Waals surface area contributed by atoms with E-state index in [1.807, 2.05) is 30.3 Å². The molecule has 3 aliphatic heterocycles. The van der Waals surface area contributed by atoms with Gasteiger partial charge in [0.2, 0.25) is 0 Å². The van der Waals surface area contributed by atoms with E-state index < -0.39 is 41.0 Å². The molecule has 5 rings (SSSR count). The molecule has 0 aromatic heterocycles. The summed E-state index contributed by atoms with van der Waals surface area (Å²) in [4.78, 5) is 20.0. The summed E-state index contributed by atoms with van der Waals surface area (Å²) < 4.78 is 86.5. The van der Waals surface area contributed by atoms with Gasteiger partial charge in [0.05, 0.1) is 24.3 Å². The van der Waals surface area contributed by atoms with E-state index in [0.29, 0.717) is 44.4 Å². The maximum Gasteiger partial charge on any atom is 0.416 e. The second-order valence-electron chi connectivity index (χ2n) is 10.6. The molecule has 3 atom stereocenters. The Morgan fingerprint density at radius 2 is 1.38 bits per heavy atom. The Bertz CT molecular complexity index is 1120. The minimum absolute atomic E-state index is 0.00820. The van der Waals surface area contributed by atoms with Crippen LogP contribution in [-0.2, 0) is 23.5 Å². The number of morpholine rings is 1. The molecule has 1 amide bonds. The fraction of sp³-hybridized carbons (Fsp3) is 0.536. The number of fused-ring (bicyclic) bond motifs is 1. The normalized spacial score (nSPS) is 25.4. The molecule has 0 spiro atoms. The Hall–Kier alpha value is -2.63. The van der Waals surface area contributed by atoms with Crippen LogP contribution in [0.2, 0.25) is 0 Å². The zero-order valence-electron chi connectivity index (χ0n) is 21.3. The topological polar surface area (TPSA) is 36.0 Å². The van der Waals surface area contributed by atoms with E-state index in [1.54, 1.807) is 0 Å². The fourth-order valence-electron chi connectivity index (χ4n) is 6.05. The van der Waals surface area contributed by atoms with Crippen molar-refractivity contribution in [3.05, 3.63) is 70.8 Å². The first kappa shape index (κ1) is 27.9. The number of nitrogens with zero attached hydrogens (tertiary/aromatic N) is 3. The van der Waals surface area contributed by atoms with Crippen LogP contribution in [0.15, 0.2) is 48.5 Å². The van der Waals surface area contributed by atoms with E-state index in [0.717, 1.165) is 38.0 Å². The van der Waals surface area contributed by atoms with Crippen molar-refractivity contribution < 1.29 is 35.9 Å². The zero-order valence-corrected chi connectivity index (χ0v) is 21.3. The Kier molecular flexibility index (Phi) is 7.94. The second-order valence-corrected chi connectivity index (χ2v) is 10.6. The molecule has 2 aromatic rings. The van der Waals surface area contributed by atoms with Crippen LogP contribution in [0.3, 0.4) is 0 Å². The zero-order chi connectivity index (χ0) is 27.8. The molecule has 2 aromatic carbocycles. The van der Waals surface area contributed by atoms with Gasteiger partial charge in [-0.2, -0.15) is 26.3 Å². The summed E-state index contributed by atoms with van der Waals surface area (Å²) in [6.45, 7) is 4.66. The lowest BCUT2D eigenvalue weighted by molar-refractivity contribution is -0.143. The predicted octanol–water partition coefficient (Wildman–Crippen LogP) is 4.96. The number of carbonyl (C=O) groups excluding carboxylic acids is 1. The molecule has 3 unspecified atom stereocenters. The van der Waals surface area contributed by atoms with Crippen molar-refractivity contribution in [2.75, 3.05) is 45.9 Å². The van der Waals surface area contributed by atoms with Gasteiger partial charge in [-0.1, -0.05) is 30.3 Å². The molecule has 3 heterocycles. The highest BCUT2D eigenvalue weighted by Gasteiger charge is 2.42. The molecule has 5 nitrogen and oxygen atoms in total. The first-order valence-electron chi connectivity index (χ1n) is 13.2. The third-order valence-electron chi connectivity index (χ3n) is 8.06. The monoisotopic (exact) mass is 555 g/mol. The maximum absolute atomic E-state index is 13.7. The summed E-state index contributed by atoms with van der Waals surface area (Å²) in [7, 11) is 0. The molecule has 0 bridgehead atoms. The van der Waals surface area contributed by atoms with E-state index >= 15 is 0 Å². The molecular weight excluding hydrogens is 524 g/mol. The maximum atomic E-state index is 13.7. The van der Waals surface area contributed by atoms with Crippen molar-refractivity contribution >= 4 is 5.91 Å². The van der Waals surface area contributed by atoms with Gasteiger partial charge >= 0.3 is 12.4 Å². The molecule has 0 N–H and O–H groups in total. The van der Waals surface area contributed by atoms with Gasteiger partial charge in [0.1, 0.15) is 0 Å². The van der Waals surface area contributed by atoms with Gasteiger partial charge < -0.3 is 9.64 Å². The first-order valence-corrected chi connectivity index (χ1v) is 13.2. The Labute approximate surface area is 223 Å². The van der Waals surface area contributed by atoms with Crippen molar-refractivity contribution in [2.45, 2.75) is 49.7 Å². The molecule has 212 valence electrons. The first-order chi connectivity index (χ1) is 18.5. The van der Waals surface area contributed by atoms with Crippen molar-refractivity contribution in [2.24, 2.45) is 0 Å². The highest BCUT2D eigenvalue weighted by molar-refractivity contribution is 5.95. The van der Waals surface area contributed by atoms with Crippen molar-refractivity contribution in [3.63, 3.8) is 0 Å². The number of hydrogen-bond donors (Lipinski definition) is 0. The van der Waals surface area contributed by atoms with E-state index in [-0.39, 0.29) is 18.7 Å². The van der Waals surface area contributed by atoms with E-state index in [1.165, 1.54) is 4.90 Å². The van der Waals surface area contributed by atoms with Crippen LogP contribution in [0.1, 0.15) is 39.9 Å². The van der Waals surface area contributed by atoms with Crippen LogP contribution >= 0.6 is 0 Å². The van der Waals surface area contributed by atoms with Gasteiger partial charge in [-0.3, -0.25) is 14.6 Å². The lowest BCUT2D eigenvalue weighted by Crippen LogP contribution is -2.65. The Balaban J connectivity index is 1.43. The molecule has 0 saturated carbocycles. The second kappa shape index (κ2) is 11.1. The average Bonchev–Trinajstić information content (AvgIpc) is 2.92. The minimum Gasteiger partial charge on any atom is -0.379 e. The summed E-state index contributed by atoms with van der Waals surface area (Å²) in [5.41, 5.74) is -2.61. The van der Waals surface area contributed by atoms with E-state index in [2.05, 4.69) is 9.80 Å². The summed E-state index contributed by atoms with van der Waals surface area (Å²) >= 11 is 0. The number of amides is 1. The highest BCUT2D eigenvalue weighted by Crippen LogP contribution is 2.37. The number of piperazine rings is 1. The predicted molar refractivity (Wildman–Crippen MR) is 132 cm³/mol. The highest BCUT2D eigenvalue weighted by atomic mass is 19.4. The average molecular weight is 556 g/mol. The largest absolute Gasteiger partial charge is 0.416 e. The fourth-order valence-corrected chi connectivity index (χ4v) is 6.05. The third kappa shape index (κ3) is 6.41. The lowest BCUT2D eigenvalue weighted by atomic mass is 9.90. The van der Waals surface area contributed by atoms with Gasteiger partial charge in [-0.15, -0.1) is 0 Å². The number of halogens is 6. The lowest BCUT2D eigenvalue weighted by Gasteiger charge is -2.52. The Morgan fingerprint density at radius 1 is 0.795 bits per heavy atom. The van der Waals surface area contributed by atoms with Gasteiger partial charge in [0.15, 0.2) is 0 Å². The summed E-state index contributed by atoms with van der Waals surface area (Å²) in [5.74, 6) is -0.803. The molecular formula is C28H31F6N3O2. The number of alkyl halides is 6. The van der Waals surface area contributed by atoms with Crippen molar-refractivity contribution in [3.8, 4) is 0 Å². The molecule has 3 aliphatic rings. The smallest absolute Gasteiger partial charge is 0.379 e. The summed E-state index contributed by atoms with van der Waals surface area (Å²) in [6, 6.07) is 10.5. The quantitative estimate of drug-likeness (QED) is 0.500. The van der Waals surface area contributed by atoms with Gasteiger partial charge in [0, 0.05) is 56.4 Å². The summed E-state index contributed by atoms with van der Waals surface area (Å²) in [5, 5.41) is 0. The van der Waals surface area contributed by atoms with E-state index in [9.17, 15) is 31.1 Å². The van der Waals surface area contributed by atoms with Crippen LogP contribution in [-0.4, -0.2) is 84.7 Å². The van der Waals surface area contributed by atoms with Crippen LogP contribution in [0, 0.1) is 0 Å². The van der Waals surface area contributed by atoms with E-state index in [4.69, 9.17) is 4.74 Å². The Morgan fingerprint density at radius 3 is 1.97 bits per heavy atom. The summed E-state index contributed by atoms with van der Waals surface area (Å²) in [6.07, 6.45) is -7.88. The molecule has 11 heteroatoms. The number of carbonyl (C=O) groups is 1. The van der Waals surface area contributed by atoms with Crippen LogP contribution in [0.25, 0.3) is 0 Å². The van der Waals surface area contributed by atoms with Gasteiger partial charge in [-0.25, -0.2) is 0 Å². The molecule has 39 heavy (non-hydrogen) atoms. The number of rotatable bonds is 4. The molecule has 0 aliphatic carbocycles. The van der Waals surface area contributed by atoms with Crippen molar-refractivity contribution in [1.29, 1.82) is 0 Å². The third-order valence-corrected chi connectivity index (χ3v) is 8.06. The minimum atomic E-state index is -5.02. The number of hydrogen-bond acceptors (Lipinski definition) is 4. The number of piperidine rings is 1. The van der Waals surface area contributed by atoms with Crippen LogP contribution in [0.4, 0.5) is 26.3 Å². The molecule has 0 radical (unpaired) electrons.